The maximum atomic E-state index is 3.59. The number of nitrogens with one attached hydrogen (secondary N) is 1. The largest absolute Gasteiger partial charge is 0.315 e. The van der Waals surface area contributed by atoms with Gasteiger partial charge < -0.3 is 10.2 Å². The van der Waals surface area contributed by atoms with E-state index in [-0.39, 0.29) is 0 Å². The molecule has 2 nitrogen and oxygen atoms in total. The molecule has 88 valence electrons. The fourth-order valence-electron chi connectivity index (χ4n) is 2.63. The number of hydrogen-bond donors (Lipinski definition) is 1. The third-order valence-electron chi connectivity index (χ3n) is 4.01. The van der Waals surface area contributed by atoms with Gasteiger partial charge in [-0.15, -0.1) is 0 Å². The van der Waals surface area contributed by atoms with E-state index in [1.54, 1.807) is 0 Å². The van der Waals surface area contributed by atoms with Crippen LogP contribution < -0.4 is 5.32 Å². The lowest BCUT2D eigenvalue weighted by atomic mass is 9.83. The molecule has 2 fully saturated rings. The van der Waals surface area contributed by atoms with Gasteiger partial charge in [0.25, 0.3) is 0 Å². The summed E-state index contributed by atoms with van der Waals surface area (Å²) in [4.78, 5) is 2.61. The lowest BCUT2D eigenvalue weighted by Gasteiger charge is -2.27. The average Bonchev–Trinajstić information content (AvgIpc) is 2.22. The Kier molecular flexibility index (Phi) is 4.94. The molecular weight excluding hydrogens is 184 g/mol. The second-order valence-corrected chi connectivity index (χ2v) is 5.24. The van der Waals surface area contributed by atoms with Crippen molar-refractivity contribution in [1.82, 2.24) is 10.2 Å². The smallest absolute Gasteiger partial charge is 0.0107 e. The van der Waals surface area contributed by atoms with Crippen LogP contribution in [0.15, 0.2) is 0 Å². The van der Waals surface area contributed by atoms with Gasteiger partial charge in [-0.3, -0.25) is 0 Å². The Balaban J connectivity index is 1.40. The highest BCUT2D eigenvalue weighted by Gasteiger charge is 2.16. The van der Waals surface area contributed by atoms with Crippen molar-refractivity contribution in [2.45, 2.75) is 44.9 Å². The summed E-state index contributed by atoms with van der Waals surface area (Å²) in [7, 11) is 0. The van der Waals surface area contributed by atoms with Crippen molar-refractivity contribution in [2.24, 2.45) is 5.92 Å². The zero-order valence-electron chi connectivity index (χ0n) is 10.0. The molecule has 1 heterocycles. The molecule has 0 aromatic rings. The predicted molar refractivity (Wildman–Crippen MR) is 65.1 cm³/mol. The first-order valence-corrected chi connectivity index (χ1v) is 6.88. The topological polar surface area (TPSA) is 15.3 Å². The Morgan fingerprint density at radius 1 is 0.933 bits per heavy atom. The van der Waals surface area contributed by atoms with Crippen LogP contribution in [0.5, 0.6) is 0 Å². The van der Waals surface area contributed by atoms with Crippen LogP contribution in [-0.4, -0.2) is 37.6 Å². The molecule has 1 aliphatic heterocycles. The molecule has 2 rings (SSSR count). The fourth-order valence-corrected chi connectivity index (χ4v) is 2.63. The van der Waals surface area contributed by atoms with Crippen LogP contribution in [-0.2, 0) is 0 Å². The maximum Gasteiger partial charge on any atom is 0.0107 e. The third kappa shape index (κ3) is 4.12. The molecule has 1 aliphatic carbocycles. The molecule has 2 aliphatic rings. The van der Waals surface area contributed by atoms with Crippen LogP contribution in [0.25, 0.3) is 0 Å². The summed E-state index contributed by atoms with van der Waals surface area (Å²) >= 11 is 0. The van der Waals surface area contributed by atoms with Crippen molar-refractivity contribution < 1.29 is 0 Å². The summed E-state index contributed by atoms with van der Waals surface area (Å²) in [5, 5.41) is 3.59. The molecule has 0 bridgehead atoms. The standard InChI is InChI=1S/C13H26N2/c1-2-10-15(11-3-1)12-9-14-8-7-13-5-4-6-13/h13-14H,1-12H2. The monoisotopic (exact) mass is 210 g/mol. The number of piperidine rings is 1. The molecule has 0 aromatic carbocycles. The van der Waals surface area contributed by atoms with Crippen molar-refractivity contribution in [3.05, 3.63) is 0 Å². The number of rotatable bonds is 6. The fraction of sp³-hybridized carbons (Fsp3) is 1.00. The molecule has 0 aromatic heterocycles. The van der Waals surface area contributed by atoms with Crippen LogP contribution in [0.2, 0.25) is 0 Å². The number of likely N-dealkylation sites (tertiary alicyclic amines) is 1. The summed E-state index contributed by atoms with van der Waals surface area (Å²) < 4.78 is 0. The molecule has 1 saturated carbocycles. The van der Waals surface area contributed by atoms with E-state index in [2.05, 4.69) is 10.2 Å². The number of nitrogens with zero attached hydrogens (tertiary/aromatic N) is 1. The van der Waals surface area contributed by atoms with Gasteiger partial charge in [0.05, 0.1) is 0 Å². The summed E-state index contributed by atoms with van der Waals surface area (Å²) in [5.41, 5.74) is 0. The van der Waals surface area contributed by atoms with E-state index in [1.807, 2.05) is 0 Å². The second-order valence-electron chi connectivity index (χ2n) is 5.24. The average molecular weight is 210 g/mol. The van der Waals surface area contributed by atoms with Crippen molar-refractivity contribution in [3.8, 4) is 0 Å². The zero-order chi connectivity index (χ0) is 10.3. The first-order valence-electron chi connectivity index (χ1n) is 6.88. The summed E-state index contributed by atoms with van der Waals surface area (Å²) in [6.07, 6.45) is 10.2. The van der Waals surface area contributed by atoms with Crippen LogP contribution in [0, 0.1) is 5.92 Å². The molecule has 1 saturated heterocycles. The maximum absolute atomic E-state index is 3.59. The minimum Gasteiger partial charge on any atom is -0.315 e. The quantitative estimate of drug-likeness (QED) is 0.677. The van der Waals surface area contributed by atoms with Gasteiger partial charge in [-0.1, -0.05) is 25.7 Å². The minimum atomic E-state index is 1.06. The highest BCUT2D eigenvalue weighted by atomic mass is 15.1. The Morgan fingerprint density at radius 3 is 2.40 bits per heavy atom. The van der Waals surface area contributed by atoms with Gasteiger partial charge in [-0.2, -0.15) is 0 Å². The normalized spacial score (nSPS) is 24.0. The predicted octanol–water partition coefficient (Wildman–Crippen LogP) is 2.25. The molecule has 2 heteroatoms. The Labute approximate surface area is 94.4 Å². The molecule has 0 amide bonds. The summed E-state index contributed by atoms with van der Waals surface area (Å²) in [5.74, 6) is 1.06. The Bertz CT molecular complexity index is 160. The van der Waals surface area contributed by atoms with Crippen molar-refractivity contribution in [1.29, 1.82) is 0 Å². The molecule has 1 N–H and O–H groups in total. The first-order chi connectivity index (χ1) is 7.45. The van der Waals surface area contributed by atoms with Crippen molar-refractivity contribution in [3.63, 3.8) is 0 Å². The first kappa shape index (κ1) is 11.4. The SMILES string of the molecule is C1CCN(CCNCCC2CCC2)CC1. The van der Waals surface area contributed by atoms with E-state index in [4.69, 9.17) is 0 Å². The van der Waals surface area contributed by atoms with Gasteiger partial charge in [0.1, 0.15) is 0 Å². The number of hydrogen-bond acceptors (Lipinski definition) is 2. The van der Waals surface area contributed by atoms with Crippen LogP contribution >= 0.6 is 0 Å². The molecular formula is C13H26N2. The summed E-state index contributed by atoms with van der Waals surface area (Å²) in [6.45, 7) is 6.39. The van der Waals surface area contributed by atoms with Crippen LogP contribution in [0.4, 0.5) is 0 Å². The van der Waals surface area contributed by atoms with Gasteiger partial charge in [0.2, 0.25) is 0 Å². The van der Waals surface area contributed by atoms with E-state index < -0.39 is 0 Å². The molecule has 0 radical (unpaired) electrons. The molecule has 15 heavy (non-hydrogen) atoms. The van der Waals surface area contributed by atoms with E-state index in [0.717, 1.165) is 5.92 Å². The Hall–Kier alpha value is -0.0800. The van der Waals surface area contributed by atoms with E-state index in [9.17, 15) is 0 Å². The molecule has 0 atom stereocenters. The van der Waals surface area contributed by atoms with Gasteiger partial charge in [0.15, 0.2) is 0 Å². The van der Waals surface area contributed by atoms with E-state index in [1.165, 1.54) is 77.7 Å². The van der Waals surface area contributed by atoms with Crippen LogP contribution in [0.1, 0.15) is 44.9 Å². The van der Waals surface area contributed by atoms with Gasteiger partial charge in [0, 0.05) is 13.1 Å². The molecule has 0 spiro atoms. The lowest BCUT2D eigenvalue weighted by molar-refractivity contribution is 0.226. The summed E-state index contributed by atoms with van der Waals surface area (Å²) in [6, 6.07) is 0. The molecule has 0 unspecified atom stereocenters. The van der Waals surface area contributed by atoms with Gasteiger partial charge in [-0.05, 0) is 44.8 Å². The Morgan fingerprint density at radius 2 is 1.73 bits per heavy atom. The van der Waals surface area contributed by atoms with Gasteiger partial charge >= 0.3 is 0 Å². The van der Waals surface area contributed by atoms with Gasteiger partial charge in [-0.25, -0.2) is 0 Å². The second kappa shape index (κ2) is 6.49. The zero-order valence-corrected chi connectivity index (χ0v) is 10.0. The lowest BCUT2D eigenvalue weighted by Crippen LogP contribution is -2.36. The highest BCUT2D eigenvalue weighted by Crippen LogP contribution is 2.28. The highest BCUT2D eigenvalue weighted by molar-refractivity contribution is 4.71. The van der Waals surface area contributed by atoms with Crippen LogP contribution in [0.3, 0.4) is 0 Å². The minimum absolute atomic E-state index is 1.06. The van der Waals surface area contributed by atoms with Crippen molar-refractivity contribution >= 4 is 0 Å². The van der Waals surface area contributed by atoms with E-state index in [0.29, 0.717) is 0 Å². The van der Waals surface area contributed by atoms with Crippen molar-refractivity contribution in [2.75, 3.05) is 32.7 Å². The third-order valence-corrected chi connectivity index (χ3v) is 4.01. The van der Waals surface area contributed by atoms with E-state index >= 15 is 0 Å².